The first-order valence-corrected chi connectivity index (χ1v) is 3.16. The first-order chi connectivity index (χ1) is 3.80. The van der Waals surface area contributed by atoms with Crippen LogP contribution in [0.15, 0.2) is 28.7 Å². The van der Waals surface area contributed by atoms with Crippen molar-refractivity contribution in [2.24, 2.45) is 0 Å². The molecule has 1 aromatic carbocycles. The van der Waals surface area contributed by atoms with Gasteiger partial charge < -0.3 is 0 Å². The van der Waals surface area contributed by atoms with Gasteiger partial charge >= 0.3 is 51.4 Å². The van der Waals surface area contributed by atoms with Crippen molar-refractivity contribution >= 4 is 15.9 Å². The van der Waals surface area contributed by atoms with Gasteiger partial charge in [0.15, 0.2) is 0 Å². The maximum Gasteiger partial charge on any atom is 1.00 e. The van der Waals surface area contributed by atoms with E-state index in [1.807, 2.05) is 24.3 Å². The van der Waals surface area contributed by atoms with Crippen LogP contribution >= 0.6 is 15.9 Å². The maximum atomic E-state index is 3.77. The van der Waals surface area contributed by atoms with Gasteiger partial charge in [0, 0.05) is 0 Å². The van der Waals surface area contributed by atoms with E-state index in [0.29, 0.717) is 0 Å². The molecule has 0 radical (unpaired) electrons. The second-order valence-corrected chi connectivity index (χ2v) is 2.45. The summed E-state index contributed by atoms with van der Waals surface area (Å²) in [5.74, 6) is 0. The van der Waals surface area contributed by atoms with Gasteiger partial charge in [-0.15, -0.1) is 28.1 Å². The molecule has 0 atom stereocenters. The molecule has 42 valence electrons. The number of halogens is 1. The molecule has 9 heavy (non-hydrogen) atoms. The molecule has 0 unspecified atom stereocenters. The molecular weight excluding hydrogens is 203 g/mol. The van der Waals surface area contributed by atoms with Crippen LogP contribution in [0.1, 0.15) is 5.56 Å². The summed E-state index contributed by atoms with van der Waals surface area (Å²) in [6.07, 6.45) is 0. The van der Waals surface area contributed by atoms with Crippen LogP contribution in [0.2, 0.25) is 0 Å². The van der Waals surface area contributed by atoms with Gasteiger partial charge in [-0.25, -0.2) is 0 Å². The van der Waals surface area contributed by atoms with Gasteiger partial charge in [-0.1, -0.05) is 10.5 Å². The average Bonchev–Trinajstić information content (AvgIpc) is 1.77. The van der Waals surface area contributed by atoms with Crippen molar-refractivity contribution in [3.63, 3.8) is 0 Å². The van der Waals surface area contributed by atoms with E-state index in [1.54, 1.807) is 0 Å². The predicted octanol–water partition coefficient (Wildman–Crippen LogP) is -0.365. The van der Waals surface area contributed by atoms with E-state index in [4.69, 9.17) is 0 Å². The molecule has 1 rings (SSSR count). The van der Waals surface area contributed by atoms with E-state index in [1.165, 1.54) is 0 Å². The van der Waals surface area contributed by atoms with Crippen LogP contribution in [0.25, 0.3) is 0 Å². The quantitative estimate of drug-likeness (QED) is 0.404. The standard InChI is InChI=1S/C7H6Br.K/c1-6-4-2-3-5-7(6)8;/h2-5H,1H2;/q-1;+1. The Kier molecular flexibility index (Phi) is 5.60. The topological polar surface area (TPSA) is 0 Å². The second-order valence-electron chi connectivity index (χ2n) is 1.59. The minimum Gasteiger partial charge on any atom is -0.198 e. The van der Waals surface area contributed by atoms with Crippen molar-refractivity contribution < 1.29 is 51.4 Å². The van der Waals surface area contributed by atoms with Gasteiger partial charge in [-0.3, -0.25) is 0 Å². The van der Waals surface area contributed by atoms with E-state index in [2.05, 4.69) is 22.9 Å². The van der Waals surface area contributed by atoms with Gasteiger partial charge in [0.25, 0.3) is 0 Å². The van der Waals surface area contributed by atoms with Gasteiger partial charge in [0.2, 0.25) is 0 Å². The van der Waals surface area contributed by atoms with E-state index < -0.39 is 0 Å². The number of hydrogen-bond donors (Lipinski definition) is 0. The summed E-state index contributed by atoms with van der Waals surface area (Å²) < 4.78 is 1.07. The molecule has 0 aliphatic carbocycles. The Labute approximate surface area is 107 Å². The van der Waals surface area contributed by atoms with E-state index in [0.717, 1.165) is 10.0 Å². The number of hydrogen-bond acceptors (Lipinski definition) is 0. The van der Waals surface area contributed by atoms with Crippen LogP contribution in [-0.2, 0) is 0 Å². The van der Waals surface area contributed by atoms with Crippen LogP contribution in [0.3, 0.4) is 0 Å². The fourth-order valence-corrected chi connectivity index (χ4v) is 0.783. The number of benzene rings is 1. The summed E-state index contributed by atoms with van der Waals surface area (Å²) >= 11 is 3.33. The Bertz CT molecular complexity index is 165. The van der Waals surface area contributed by atoms with Crippen molar-refractivity contribution in [3.05, 3.63) is 41.2 Å². The van der Waals surface area contributed by atoms with Crippen molar-refractivity contribution in [1.29, 1.82) is 0 Å². The molecule has 0 amide bonds. The summed E-state index contributed by atoms with van der Waals surface area (Å²) in [5.41, 5.74) is 1.03. The minimum atomic E-state index is 0. The molecule has 0 aliphatic rings. The van der Waals surface area contributed by atoms with Crippen LogP contribution in [0.5, 0.6) is 0 Å². The first-order valence-electron chi connectivity index (χ1n) is 2.37. The van der Waals surface area contributed by atoms with Gasteiger partial charge in [-0.05, 0) is 0 Å². The maximum absolute atomic E-state index is 3.77. The van der Waals surface area contributed by atoms with Crippen LogP contribution < -0.4 is 51.4 Å². The molecular formula is C7H6BrK. The van der Waals surface area contributed by atoms with Crippen molar-refractivity contribution in [3.8, 4) is 0 Å². The summed E-state index contributed by atoms with van der Waals surface area (Å²) in [4.78, 5) is 0. The first kappa shape index (κ1) is 10.2. The fourth-order valence-electron chi connectivity index (χ4n) is 0.498. The fraction of sp³-hybridized carbons (Fsp3) is 0. The molecule has 0 bridgehead atoms. The Morgan fingerprint density at radius 1 is 1.22 bits per heavy atom. The van der Waals surface area contributed by atoms with E-state index >= 15 is 0 Å². The molecule has 0 aliphatic heterocycles. The SMILES string of the molecule is [CH2-]c1ccccc1Br.[K+]. The molecule has 0 spiro atoms. The smallest absolute Gasteiger partial charge is 0.198 e. The van der Waals surface area contributed by atoms with Gasteiger partial charge in [0.1, 0.15) is 0 Å². The third kappa shape index (κ3) is 3.21. The van der Waals surface area contributed by atoms with E-state index in [-0.39, 0.29) is 51.4 Å². The molecule has 2 heteroatoms. The molecule has 0 saturated heterocycles. The summed E-state index contributed by atoms with van der Waals surface area (Å²) in [6.45, 7) is 3.77. The molecule has 0 nitrogen and oxygen atoms in total. The largest absolute Gasteiger partial charge is 1.00 e. The van der Waals surface area contributed by atoms with Crippen molar-refractivity contribution in [2.45, 2.75) is 0 Å². The normalized spacial score (nSPS) is 8.11. The molecule has 0 N–H and O–H groups in total. The van der Waals surface area contributed by atoms with Crippen molar-refractivity contribution in [2.75, 3.05) is 0 Å². The molecule has 0 heterocycles. The van der Waals surface area contributed by atoms with Gasteiger partial charge in [0.05, 0.1) is 0 Å². The monoisotopic (exact) mass is 208 g/mol. The zero-order valence-electron chi connectivity index (χ0n) is 5.39. The summed E-state index contributed by atoms with van der Waals surface area (Å²) in [7, 11) is 0. The molecule has 0 aromatic heterocycles. The molecule has 0 saturated carbocycles. The third-order valence-electron chi connectivity index (χ3n) is 0.958. The van der Waals surface area contributed by atoms with E-state index in [9.17, 15) is 0 Å². The zero-order valence-corrected chi connectivity index (χ0v) is 10.1. The van der Waals surface area contributed by atoms with Crippen LogP contribution in [0.4, 0.5) is 0 Å². The Balaban J connectivity index is 0.000000640. The molecule has 0 fully saturated rings. The molecule has 1 aromatic rings. The number of rotatable bonds is 0. The summed E-state index contributed by atoms with van der Waals surface area (Å²) in [6, 6.07) is 7.87. The van der Waals surface area contributed by atoms with Crippen LogP contribution in [0, 0.1) is 6.92 Å². The Hall–Kier alpha value is 1.21. The minimum absolute atomic E-state index is 0. The van der Waals surface area contributed by atoms with Crippen LogP contribution in [-0.4, -0.2) is 0 Å². The second kappa shape index (κ2) is 4.94. The predicted molar refractivity (Wildman–Crippen MR) is 38.6 cm³/mol. The third-order valence-corrected chi connectivity index (χ3v) is 1.73. The Morgan fingerprint density at radius 2 is 1.78 bits per heavy atom. The summed E-state index contributed by atoms with van der Waals surface area (Å²) in [5, 5.41) is 0. The zero-order chi connectivity index (χ0) is 5.98. The van der Waals surface area contributed by atoms with Gasteiger partial charge in [-0.2, -0.15) is 18.6 Å². The van der Waals surface area contributed by atoms with Crippen molar-refractivity contribution in [1.82, 2.24) is 0 Å². The Morgan fingerprint density at radius 3 is 2.11 bits per heavy atom. The average molecular weight is 209 g/mol.